The molecule has 1 amide bonds. The van der Waals surface area contributed by atoms with Gasteiger partial charge in [0.1, 0.15) is 0 Å². The van der Waals surface area contributed by atoms with Crippen molar-refractivity contribution in [2.75, 3.05) is 6.61 Å². The molecule has 0 saturated carbocycles. The number of hydrogen-bond donors (Lipinski definition) is 2. The zero-order valence-corrected chi connectivity index (χ0v) is 14.4. The number of aliphatic hydroxyl groups is 1. The summed E-state index contributed by atoms with van der Waals surface area (Å²) in [7, 11) is 0. The van der Waals surface area contributed by atoms with Gasteiger partial charge in [-0.05, 0) is 47.5 Å². The van der Waals surface area contributed by atoms with E-state index >= 15 is 0 Å². The minimum Gasteiger partial charge on any atom is -0.394 e. The van der Waals surface area contributed by atoms with Gasteiger partial charge in [-0.2, -0.15) is 0 Å². The number of fused-ring (bicyclic) bond motifs is 1. The normalized spacial score (nSPS) is 19.4. The summed E-state index contributed by atoms with van der Waals surface area (Å²) >= 11 is 1.30. The molecule has 0 radical (unpaired) electrons. The number of nitrogens with one attached hydrogen (secondary N) is 1. The van der Waals surface area contributed by atoms with Crippen molar-refractivity contribution in [2.24, 2.45) is 10.9 Å². The number of nitrogens with zero attached hydrogens (tertiary/aromatic N) is 2. The van der Waals surface area contributed by atoms with E-state index in [-0.39, 0.29) is 24.5 Å². The maximum absolute atomic E-state index is 12.1. The molecule has 24 heavy (non-hydrogen) atoms. The Balaban J connectivity index is 1.84. The number of rotatable bonds is 4. The quantitative estimate of drug-likeness (QED) is 0.839. The summed E-state index contributed by atoms with van der Waals surface area (Å²) in [5.74, 6) is 0.0477. The van der Waals surface area contributed by atoms with Gasteiger partial charge in [-0.25, -0.2) is 0 Å². The molecular weight excluding hydrogens is 322 g/mol. The van der Waals surface area contributed by atoms with Crippen LogP contribution in [-0.4, -0.2) is 33.8 Å². The SMILES string of the molecule is CC(C)[C@H](CO)N=C1NC(=O)C(=Cc2ccc3ncccc3c2)S1. The molecule has 1 fully saturated rings. The Morgan fingerprint density at radius 3 is 2.96 bits per heavy atom. The van der Waals surface area contributed by atoms with Gasteiger partial charge < -0.3 is 10.4 Å². The molecule has 1 aromatic heterocycles. The molecule has 0 bridgehead atoms. The molecule has 1 aromatic carbocycles. The maximum Gasteiger partial charge on any atom is 0.264 e. The monoisotopic (exact) mass is 341 g/mol. The molecule has 1 aliphatic rings. The van der Waals surface area contributed by atoms with Crippen LogP contribution in [0.15, 0.2) is 46.4 Å². The third-order valence-corrected chi connectivity index (χ3v) is 4.74. The Morgan fingerprint density at radius 1 is 1.38 bits per heavy atom. The van der Waals surface area contributed by atoms with Crippen molar-refractivity contribution in [3.63, 3.8) is 0 Å². The summed E-state index contributed by atoms with van der Waals surface area (Å²) in [6, 6.07) is 9.56. The van der Waals surface area contributed by atoms with Gasteiger partial charge in [0.05, 0.1) is 23.1 Å². The highest BCUT2D eigenvalue weighted by Crippen LogP contribution is 2.27. The van der Waals surface area contributed by atoms with Crippen molar-refractivity contribution >= 4 is 39.8 Å². The molecule has 1 saturated heterocycles. The number of pyridine rings is 1. The van der Waals surface area contributed by atoms with Gasteiger partial charge >= 0.3 is 0 Å². The second-order valence-electron chi connectivity index (χ2n) is 5.95. The molecule has 3 rings (SSSR count). The number of amides is 1. The molecule has 0 aliphatic carbocycles. The lowest BCUT2D eigenvalue weighted by atomic mass is 10.1. The molecule has 0 unspecified atom stereocenters. The van der Waals surface area contributed by atoms with Crippen LogP contribution in [0.3, 0.4) is 0 Å². The summed E-state index contributed by atoms with van der Waals surface area (Å²) in [5.41, 5.74) is 1.87. The van der Waals surface area contributed by atoms with E-state index in [4.69, 9.17) is 0 Å². The van der Waals surface area contributed by atoms with Crippen LogP contribution in [0.1, 0.15) is 19.4 Å². The fourth-order valence-electron chi connectivity index (χ4n) is 2.37. The second kappa shape index (κ2) is 7.15. The smallest absolute Gasteiger partial charge is 0.264 e. The molecule has 2 N–H and O–H groups in total. The van der Waals surface area contributed by atoms with Crippen molar-refractivity contribution in [2.45, 2.75) is 19.9 Å². The Kier molecular flexibility index (Phi) is 4.97. The van der Waals surface area contributed by atoms with E-state index in [0.717, 1.165) is 16.5 Å². The number of amidine groups is 1. The molecule has 1 aliphatic heterocycles. The van der Waals surface area contributed by atoms with Crippen molar-refractivity contribution in [3.8, 4) is 0 Å². The summed E-state index contributed by atoms with van der Waals surface area (Å²) in [5, 5.41) is 13.7. The second-order valence-corrected chi connectivity index (χ2v) is 6.98. The first-order valence-corrected chi connectivity index (χ1v) is 8.63. The van der Waals surface area contributed by atoms with E-state index in [1.807, 2.05) is 50.3 Å². The Bertz CT molecular complexity index is 830. The van der Waals surface area contributed by atoms with E-state index in [2.05, 4.69) is 15.3 Å². The van der Waals surface area contributed by atoms with Gasteiger partial charge in [0.25, 0.3) is 5.91 Å². The van der Waals surface area contributed by atoms with Gasteiger partial charge in [-0.3, -0.25) is 14.8 Å². The fourth-order valence-corrected chi connectivity index (χ4v) is 3.25. The summed E-state index contributed by atoms with van der Waals surface area (Å²) < 4.78 is 0. The van der Waals surface area contributed by atoms with Gasteiger partial charge in [0, 0.05) is 11.6 Å². The van der Waals surface area contributed by atoms with Crippen LogP contribution >= 0.6 is 11.8 Å². The number of aliphatic hydroxyl groups excluding tert-OH is 1. The summed E-state index contributed by atoms with van der Waals surface area (Å²) in [4.78, 5) is 21.5. The average Bonchev–Trinajstić information content (AvgIpc) is 2.91. The van der Waals surface area contributed by atoms with Crippen LogP contribution in [0.5, 0.6) is 0 Å². The highest BCUT2D eigenvalue weighted by molar-refractivity contribution is 8.18. The van der Waals surface area contributed by atoms with E-state index in [1.54, 1.807) is 6.20 Å². The van der Waals surface area contributed by atoms with E-state index in [0.29, 0.717) is 10.1 Å². The predicted octanol–water partition coefficient (Wildman–Crippen LogP) is 2.81. The summed E-state index contributed by atoms with van der Waals surface area (Å²) in [6.07, 6.45) is 3.61. The Labute approximate surface area is 144 Å². The highest BCUT2D eigenvalue weighted by atomic mass is 32.2. The fraction of sp³-hybridized carbons (Fsp3) is 0.278. The molecule has 5 nitrogen and oxygen atoms in total. The van der Waals surface area contributed by atoms with Gasteiger partial charge in [0.15, 0.2) is 5.17 Å². The number of hydrogen-bond acceptors (Lipinski definition) is 5. The molecule has 2 heterocycles. The van der Waals surface area contributed by atoms with Crippen LogP contribution in [-0.2, 0) is 4.79 Å². The zero-order valence-electron chi connectivity index (χ0n) is 13.6. The van der Waals surface area contributed by atoms with Gasteiger partial charge in [0.2, 0.25) is 0 Å². The lowest BCUT2D eigenvalue weighted by molar-refractivity contribution is -0.115. The largest absolute Gasteiger partial charge is 0.394 e. The number of aliphatic imine (C=N–C) groups is 1. The number of benzene rings is 1. The topological polar surface area (TPSA) is 74.6 Å². The molecule has 2 aromatic rings. The van der Waals surface area contributed by atoms with Crippen molar-refractivity contribution in [1.29, 1.82) is 0 Å². The first kappa shape index (κ1) is 16.7. The number of thioether (sulfide) groups is 1. The van der Waals surface area contributed by atoms with Crippen LogP contribution in [0.25, 0.3) is 17.0 Å². The highest BCUT2D eigenvalue weighted by Gasteiger charge is 2.25. The minimum atomic E-state index is -0.209. The van der Waals surface area contributed by atoms with Gasteiger partial charge in [-0.1, -0.05) is 26.0 Å². The minimum absolute atomic E-state index is 0.0334. The van der Waals surface area contributed by atoms with Crippen LogP contribution < -0.4 is 5.32 Å². The van der Waals surface area contributed by atoms with Crippen molar-refractivity contribution in [3.05, 3.63) is 47.0 Å². The van der Waals surface area contributed by atoms with Crippen molar-refractivity contribution < 1.29 is 9.90 Å². The Morgan fingerprint density at radius 2 is 2.21 bits per heavy atom. The first-order chi connectivity index (χ1) is 11.6. The Hall–Kier alpha value is -2.18. The van der Waals surface area contributed by atoms with Crippen molar-refractivity contribution in [1.82, 2.24) is 10.3 Å². The van der Waals surface area contributed by atoms with Crippen LogP contribution in [0, 0.1) is 5.92 Å². The van der Waals surface area contributed by atoms with Crippen LogP contribution in [0.4, 0.5) is 0 Å². The van der Waals surface area contributed by atoms with Gasteiger partial charge in [-0.15, -0.1) is 0 Å². The standard InChI is InChI=1S/C18H19N3O2S/c1-11(2)15(10-22)20-18-21-17(23)16(24-18)9-12-5-6-14-13(8-12)4-3-7-19-14/h3-9,11,15,22H,10H2,1-2H3,(H,20,21,23)/t15-/m0/s1. The van der Waals surface area contributed by atoms with Crippen LogP contribution in [0.2, 0.25) is 0 Å². The lowest BCUT2D eigenvalue weighted by Gasteiger charge is -2.13. The maximum atomic E-state index is 12.1. The third kappa shape index (κ3) is 3.66. The van der Waals surface area contributed by atoms with E-state index < -0.39 is 0 Å². The molecular formula is C18H19N3O2S. The molecule has 0 spiro atoms. The average molecular weight is 341 g/mol. The molecule has 1 atom stereocenters. The third-order valence-electron chi connectivity index (χ3n) is 3.82. The number of carbonyl (C=O) groups is 1. The number of aromatic nitrogens is 1. The predicted molar refractivity (Wildman–Crippen MR) is 98.6 cm³/mol. The summed E-state index contributed by atoms with van der Waals surface area (Å²) in [6.45, 7) is 3.95. The molecule has 6 heteroatoms. The van der Waals surface area contributed by atoms with E-state index in [9.17, 15) is 9.90 Å². The number of carbonyl (C=O) groups excluding carboxylic acids is 1. The molecule has 124 valence electrons. The first-order valence-electron chi connectivity index (χ1n) is 7.81. The van der Waals surface area contributed by atoms with E-state index in [1.165, 1.54) is 11.8 Å². The lowest BCUT2D eigenvalue weighted by Crippen LogP contribution is -2.25. The zero-order chi connectivity index (χ0) is 17.1.